The maximum atomic E-state index is 11.9. The van der Waals surface area contributed by atoms with Gasteiger partial charge in [0.25, 0.3) is 5.89 Å². The molecule has 3 aromatic rings. The average molecular weight is 405 g/mol. The lowest BCUT2D eigenvalue weighted by Crippen LogP contribution is -2.29. The van der Waals surface area contributed by atoms with Gasteiger partial charge in [0.1, 0.15) is 6.54 Å². The zero-order valence-corrected chi connectivity index (χ0v) is 15.6. The molecule has 0 saturated heterocycles. The van der Waals surface area contributed by atoms with E-state index in [9.17, 15) is 13.2 Å². The summed E-state index contributed by atoms with van der Waals surface area (Å²) in [7, 11) is -3.76. The van der Waals surface area contributed by atoms with E-state index in [0.717, 1.165) is 15.8 Å². The molecule has 8 nitrogen and oxygen atoms in total. The standard InChI is InChI=1S/C17H15N3O5S2/c21-16(11-18-27(22,23)10-8-13-5-2-1-3-6-13)24-12-15-19-17(20-25-15)14-7-4-9-26-14/h1-10,18H,11-12H2/b10-8+. The number of benzene rings is 1. The van der Waals surface area contributed by atoms with Crippen LogP contribution in [0.1, 0.15) is 11.5 Å². The molecule has 0 unspecified atom stereocenters. The molecule has 140 valence electrons. The fraction of sp³-hybridized carbons (Fsp3) is 0.118. The van der Waals surface area contributed by atoms with Gasteiger partial charge in [-0.3, -0.25) is 4.79 Å². The number of carbonyl (C=O) groups is 1. The Morgan fingerprint density at radius 2 is 2.04 bits per heavy atom. The molecule has 0 aliphatic heterocycles. The minimum Gasteiger partial charge on any atom is -0.455 e. The molecule has 1 N–H and O–H groups in total. The van der Waals surface area contributed by atoms with E-state index in [4.69, 9.17) is 9.26 Å². The van der Waals surface area contributed by atoms with E-state index < -0.39 is 22.5 Å². The summed E-state index contributed by atoms with van der Waals surface area (Å²) in [5.41, 5.74) is 0.725. The fourth-order valence-corrected chi connectivity index (χ4v) is 3.35. The third-order valence-corrected chi connectivity index (χ3v) is 5.13. The van der Waals surface area contributed by atoms with Crippen LogP contribution < -0.4 is 4.72 Å². The number of ether oxygens (including phenoxy) is 1. The summed E-state index contributed by atoms with van der Waals surface area (Å²) in [4.78, 5) is 16.6. The zero-order chi connectivity index (χ0) is 19.1. The minimum absolute atomic E-state index is 0.124. The summed E-state index contributed by atoms with van der Waals surface area (Å²) in [6.45, 7) is -0.744. The van der Waals surface area contributed by atoms with Crippen LogP contribution in [0.5, 0.6) is 0 Å². The molecule has 1 aromatic carbocycles. The van der Waals surface area contributed by atoms with E-state index in [1.807, 2.05) is 23.6 Å². The molecule has 0 saturated carbocycles. The number of carbonyl (C=O) groups excluding carboxylic acids is 1. The van der Waals surface area contributed by atoms with E-state index in [2.05, 4.69) is 14.9 Å². The molecule has 3 rings (SSSR count). The molecule has 0 aliphatic carbocycles. The van der Waals surface area contributed by atoms with Gasteiger partial charge < -0.3 is 9.26 Å². The van der Waals surface area contributed by atoms with Crippen molar-refractivity contribution in [2.75, 3.05) is 6.54 Å². The van der Waals surface area contributed by atoms with Gasteiger partial charge in [-0.1, -0.05) is 41.6 Å². The summed E-state index contributed by atoms with van der Waals surface area (Å²) in [6.07, 6.45) is 1.43. The number of thiophene rings is 1. The van der Waals surface area contributed by atoms with Crippen LogP contribution >= 0.6 is 11.3 Å². The molecule has 2 aromatic heterocycles. The molecule has 0 fully saturated rings. The Morgan fingerprint density at radius 1 is 1.22 bits per heavy atom. The predicted octanol–water partition coefficient (Wildman–Crippen LogP) is 2.43. The van der Waals surface area contributed by atoms with E-state index in [1.165, 1.54) is 17.4 Å². The second-order valence-corrected chi connectivity index (χ2v) is 7.83. The fourth-order valence-electron chi connectivity index (χ4n) is 1.95. The van der Waals surface area contributed by atoms with Crippen molar-refractivity contribution in [2.45, 2.75) is 6.61 Å². The van der Waals surface area contributed by atoms with Gasteiger partial charge in [0, 0.05) is 5.41 Å². The predicted molar refractivity (Wildman–Crippen MR) is 99.8 cm³/mol. The van der Waals surface area contributed by atoms with Crippen molar-refractivity contribution < 1.29 is 22.5 Å². The van der Waals surface area contributed by atoms with E-state index in [-0.39, 0.29) is 12.5 Å². The number of aromatic nitrogens is 2. The molecule has 0 amide bonds. The van der Waals surface area contributed by atoms with Gasteiger partial charge in [0.15, 0.2) is 6.61 Å². The Labute approximate surface area is 159 Å². The molecule has 2 heterocycles. The van der Waals surface area contributed by atoms with Crippen LogP contribution in [0.25, 0.3) is 16.8 Å². The molecule has 0 radical (unpaired) electrons. The van der Waals surface area contributed by atoms with Crippen molar-refractivity contribution in [3.8, 4) is 10.7 Å². The van der Waals surface area contributed by atoms with Crippen LogP contribution in [0.4, 0.5) is 0 Å². The van der Waals surface area contributed by atoms with Crippen molar-refractivity contribution in [3.05, 3.63) is 64.7 Å². The quantitative estimate of drug-likeness (QED) is 0.573. The molecular formula is C17H15N3O5S2. The normalized spacial score (nSPS) is 11.7. The highest BCUT2D eigenvalue weighted by molar-refractivity contribution is 7.92. The first-order chi connectivity index (χ1) is 13.0. The molecule has 0 bridgehead atoms. The second-order valence-electron chi connectivity index (χ2n) is 5.23. The Balaban J connectivity index is 1.46. The summed E-state index contributed by atoms with van der Waals surface area (Å²) in [5.74, 6) is -0.232. The molecule has 10 heteroatoms. The smallest absolute Gasteiger partial charge is 0.321 e. The topological polar surface area (TPSA) is 111 Å². The van der Waals surface area contributed by atoms with Crippen LogP contribution in [0.2, 0.25) is 0 Å². The van der Waals surface area contributed by atoms with Crippen LogP contribution in [0.3, 0.4) is 0 Å². The molecule has 27 heavy (non-hydrogen) atoms. The third kappa shape index (κ3) is 5.84. The van der Waals surface area contributed by atoms with Crippen molar-refractivity contribution in [1.29, 1.82) is 0 Å². The van der Waals surface area contributed by atoms with Gasteiger partial charge in [0.05, 0.1) is 4.88 Å². The number of nitrogens with one attached hydrogen (secondary N) is 1. The van der Waals surface area contributed by atoms with Gasteiger partial charge >= 0.3 is 5.97 Å². The highest BCUT2D eigenvalue weighted by atomic mass is 32.2. The SMILES string of the molecule is O=C(CNS(=O)(=O)/C=C/c1ccccc1)OCc1nc(-c2cccs2)no1. The zero-order valence-electron chi connectivity index (χ0n) is 13.9. The Bertz CT molecular complexity index is 1010. The summed E-state index contributed by atoms with van der Waals surface area (Å²) in [5, 5.41) is 6.65. The van der Waals surface area contributed by atoms with Crippen LogP contribution in [0, 0.1) is 0 Å². The van der Waals surface area contributed by atoms with E-state index >= 15 is 0 Å². The Kier molecular flexibility index (Phi) is 6.12. The van der Waals surface area contributed by atoms with Crippen molar-refractivity contribution >= 4 is 33.4 Å². The monoisotopic (exact) mass is 405 g/mol. The van der Waals surface area contributed by atoms with Crippen LogP contribution in [-0.4, -0.2) is 31.1 Å². The van der Waals surface area contributed by atoms with Gasteiger partial charge in [0.2, 0.25) is 15.8 Å². The van der Waals surface area contributed by atoms with Crippen LogP contribution in [0.15, 0.2) is 57.8 Å². The Hall–Kier alpha value is -2.82. The van der Waals surface area contributed by atoms with Crippen molar-refractivity contribution in [1.82, 2.24) is 14.9 Å². The lowest BCUT2D eigenvalue weighted by molar-refractivity contribution is -0.144. The highest BCUT2D eigenvalue weighted by Crippen LogP contribution is 2.21. The molecule has 0 aliphatic rings. The molecule has 0 spiro atoms. The van der Waals surface area contributed by atoms with Crippen LogP contribution in [-0.2, 0) is 26.2 Å². The number of sulfonamides is 1. The second kappa shape index (κ2) is 8.71. The first kappa shape index (κ1) is 19.0. The molecule has 0 atom stereocenters. The van der Waals surface area contributed by atoms with Gasteiger partial charge in [-0.2, -0.15) is 4.98 Å². The van der Waals surface area contributed by atoms with Gasteiger partial charge in [-0.05, 0) is 23.1 Å². The lowest BCUT2D eigenvalue weighted by Gasteiger charge is -2.03. The Morgan fingerprint density at radius 3 is 2.78 bits per heavy atom. The number of esters is 1. The largest absolute Gasteiger partial charge is 0.455 e. The average Bonchev–Trinajstić information content (AvgIpc) is 3.35. The first-order valence-electron chi connectivity index (χ1n) is 7.77. The van der Waals surface area contributed by atoms with Crippen molar-refractivity contribution in [3.63, 3.8) is 0 Å². The maximum absolute atomic E-state index is 11.9. The van der Waals surface area contributed by atoms with Crippen molar-refractivity contribution in [2.24, 2.45) is 0 Å². The number of hydrogen-bond donors (Lipinski definition) is 1. The highest BCUT2D eigenvalue weighted by Gasteiger charge is 2.13. The third-order valence-electron chi connectivity index (χ3n) is 3.22. The lowest BCUT2D eigenvalue weighted by atomic mass is 10.2. The van der Waals surface area contributed by atoms with E-state index in [0.29, 0.717) is 5.82 Å². The number of hydrogen-bond acceptors (Lipinski definition) is 8. The summed E-state index contributed by atoms with van der Waals surface area (Å²) >= 11 is 1.45. The van der Waals surface area contributed by atoms with Gasteiger partial charge in [-0.15, -0.1) is 11.3 Å². The summed E-state index contributed by atoms with van der Waals surface area (Å²) < 4.78 is 35.8. The minimum atomic E-state index is -3.76. The number of nitrogens with zero attached hydrogens (tertiary/aromatic N) is 2. The summed E-state index contributed by atoms with van der Waals surface area (Å²) in [6, 6.07) is 12.6. The van der Waals surface area contributed by atoms with E-state index in [1.54, 1.807) is 24.3 Å². The molecular weight excluding hydrogens is 390 g/mol. The first-order valence-corrected chi connectivity index (χ1v) is 10.2. The number of rotatable bonds is 8. The maximum Gasteiger partial charge on any atom is 0.321 e. The van der Waals surface area contributed by atoms with Gasteiger partial charge in [-0.25, -0.2) is 13.1 Å².